The van der Waals surface area contributed by atoms with E-state index in [1.807, 2.05) is 60.7 Å². The maximum Gasteiger partial charge on any atom is 0.269 e. The van der Waals surface area contributed by atoms with Crippen molar-refractivity contribution in [3.63, 3.8) is 0 Å². The van der Waals surface area contributed by atoms with E-state index in [0.717, 1.165) is 27.8 Å². The summed E-state index contributed by atoms with van der Waals surface area (Å²) in [5.74, 6) is 8.67. The third-order valence-corrected chi connectivity index (χ3v) is 3.89. The molecule has 3 aromatic rings. The Balaban J connectivity index is 1.67. The minimum atomic E-state index is -0.424. The van der Waals surface area contributed by atoms with Gasteiger partial charge in [-0.2, -0.15) is 0 Å². The third kappa shape index (κ3) is 4.95. The van der Waals surface area contributed by atoms with Gasteiger partial charge in [0, 0.05) is 28.8 Å². The molecule has 0 aromatic heterocycles. The largest absolute Gasteiger partial charge is 0.269 e. The SMILES string of the molecule is C#Cc1ccc(/C=C/c2ccc(C#Cc3ccc([N+](=O)[O-])cc3)cc2)cc1. The van der Waals surface area contributed by atoms with Crippen molar-refractivity contribution in [2.75, 3.05) is 0 Å². The summed E-state index contributed by atoms with van der Waals surface area (Å²) in [6, 6.07) is 21.9. The summed E-state index contributed by atoms with van der Waals surface area (Å²) in [6.45, 7) is 0. The van der Waals surface area contributed by atoms with Crippen molar-refractivity contribution in [1.29, 1.82) is 0 Å². The van der Waals surface area contributed by atoms with Crippen LogP contribution in [0.15, 0.2) is 72.8 Å². The number of rotatable bonds is 3. The molecule has 0 unspecified atom stereocenters. The first-order valence-corrected chi connectivity index (χ1v) is 8.25. The summed E-state index contributed by atoms with van der Waals surface area (Å²) in [7, 11) is 0. The topological polar surface area (TPSA) is 43.1 Å². The van der Waals surface area contributed by atoms with Crippen LogP contribution in [-0.4, -0.2) is 4.92 Å². The van der Waals surface area contributed by atoms with Gasteiger partial charge in [0.25, 0.3) is 5.69 Å². The van der Waals surface area contributed by atoms with Crippen molar-refractivity contribution in [1.82, 2.24) is 0 Å². The van der Waals surface area contributed by atoms with Gasteiger partial charge in [0.1, 0.15) is 0 Å². The Hall–Kier alpha value is -4.08. The van der Waals surface area contributed by atoms with E-state index in [4.69, 9.17) is 6.42 Å². The fraction of sp³-hybridized carbons (Fsp3) is 0. The van der Waals surface area contributed by atoms with E-state index in [0.29, 0.717) is 0 Å². The lowest BCUT2D eigenvalue weighted by atomic mass is 10.1. The van der Waals surface area contributed by atoms with Crippen LogP contribution in [-0.2, 0) is 0 Å². The molecule has 3 heteroatoms. The number of nitro groups is 1. The molecule has 0 bridgehead atoms. The number of nitrogens with zero attached hydrogens (tertiary/aromatic N) is 1. The first-order valence-electron chi connectivity index (χ1n) is 8.25. The van der Waals surface area contributed by atoms with Gasteiger partial charge in [-0.05, 0) is 47.5 Å². The Morgan fingerprint density at radius 1 is 0.704 bits per heavy atom. The van der Waals surface area contributed by atoms with Crippen molar-refractivity contribution in [2.45, 2.75) is 0 Å². The zero-order chi connectivity index (χ0) is 19.1. The molecule has 0 N–H and O–H groups in total. The summed E-state index contributed by atoms with van der Waals surface area (Å²) in [6.07, 6.45) is 9.41. The lowest BCUT2D eigenvalue weighted by Crippen LogP contribution is -1.86. The van der Waals surface area contributed by atoms with Crippen LogP contribution in [0, 0.1) is 34.3 Å². The standard InChI is InChI=1S/C24H15NO2/c1-2-19-3-5-20(6-4-19)7-8-21-9-11-22(12-10-21)13-14-23-15-17-24(18-16-23)25(26)27/h1,3-12,15-18H/b8-7+. The first kappa shape index (κ1) is 17.7. The number of terminal acetylenes is 1. The quantitative estimate of drug-likeness (QED) is 0.284. The van der Waals surface area contributed by atoms with Crippen LogP contribution in [0.2, 0.25) is 0 Å². The van der Waals surface area contributed by atoms with Crippen LogP contribution in [0.25, 0.3) is 12.2 Å². The van der Waals surface area contributed by atoms with Crippen molar-refractivity contribution in [3.8, 4) is 24.2 Å². The Labute approximate surface area is 158 Å². The van der Waals surface area contributed by atoms with Crippen molar-refractivity contribution >= 4 is 17.8 Å². The van der Waals surface area contributed by atoms with Crippen LogP contribution in [0.4, 0.5) is 5.69 Å². The van der Waals surface area contributed by atoms with E-state index in [9.17, 15) is 10.1 Å². The second kappa shape index (κ2) is 8.34. The average molecular weight is 349 g/mol. The highest BCUT2D eigenvalue weighted by Gasteiger charge is 2.02. The lowest BCUT2D eigenvalue weighted by molar-refractivity contribution is -0.384. The maximum atomic E-state index is 10.7. The number of nitro benzene ring substituents is 1. The zero-order valence-corrected chi connectivity index (χ0v) is 14.4. The number of non-ortho nitro benzene ring substituents is 1. The fourth-order valence-electron chi connectivity index (χ4n) is 2.37. The summed E-state index contributed by atoms with van der Waals surface area (Å²) < 4.78 is 0. The molecule has 27 heavy (non-hydrogen) atoms. The Kier molecular flexibility index (Phi) is 5.48. The normalized spacial score (nSPS) is 10.0. The molecule has 0 saturated heterocycles. The minimum Gasteiger partial charge on any atom is -0.258 e. The number of hydrogen-bond donors (Lipinski definition) is 0. The second-order valence-electron chi connectivity index (χ2n) is 5.78. The molecule has 0 spiro atoms. The average Bonchev–Trinajstić information content (AvgIpc) is 2.72. The monoisotopic (exact) mass is 349 g/mol. The Bertz CT molecular complexity index is 1070. The van der Waals surface area contributed by atoms with Gasteiger partial charge >= 0.3 is 0 Å². The van der Waals surface area contributed by atoms with Crippen molar-refractivity contribution < 1.29 is 4.92 Å². The van der Waals surface area contributed by atoms with E-state index in [2.05, 4.69) is 17.8 Å². The lowest BCUT2D eigenvalue weighted by Gasteiger charge is -1.96. The second-order valence-corrected chi connectivity index (χ2v) is 5.78. The van der Waals surface area contributed by atoms with E-state index >= 15 is 0 Å². The summed E-state index contributed by atoms with van der Waals surface area (Å²) in [5, 5.41) is 10.7. The Morgan fingerprint density at radius 2 is 1.11 bits per heavy atom. The molecule has 0 aliphatic carbocycles. The molecule has 0 heterocycles. The molecule has 0 amide bonds. The molecular weight excluding hydrogens is 334 g/mol. The summed E-state index contributed by atoms with van der Waals surface area (Å²) >= 11 is 0. The van der Waals surface area contributed by atoms with E-state index in [-0.39, 0.29) is 5.69 Å². The van der Waals surface area contributed by atoms with Gasteiger partial charge in [0.15, 0.2) is 0 Å². The molecule has 128 valence electrons. The zero-order valence-electron chi connectivity index (χ0n) is 14.4. The maximum absolute atomic E-state index is 10.7. The molecule has 0 radical (unpaired) electrons. The predicted octanol–water partition coefficient (Wildman–Crippen LogP) is 5.15. The van der Waals surface area contributed by atoms with Gasteiger partial charge in [-0.15, -0.1) is 6.42 Å². The van der Waals surface area contributed by atoms with Crippen LogP contribution in [0.1, 0.15) is 27.8 Å². The van der Waals surface area contributed by atoms with E-state index in [1.165, 1.54) is 12.1 Å². The molecule has 0 aliphatic heterocycles. The smallest absolute Gasteiger partial charge is 0.258 e. The molecular formula is C24H15NO2. The Morgan fingerprint density at radius 3 is 1.52 bits per heavy atom. The highest BCUT2D eigenvalue weighted by atomic mass is 16.6. The number of hydrogen-bond acceptors (Lipinski definition) is 2. The summed E-state index contributed by atoms with van der Waals surface area (Å²) in [5.41, 5.74) is 4.69. The molecule has 3 nitrogen and oxygen atoms in total. The molecule has 3 aromatic carbocycles. The van der Waals surface area contributed by atoms with Gasteiger partial charge in [0.2, 0.25) is 0 Å². The van der Waals surface area contributed by atoms with Gasteiger partial charge in [0.05, 0.1) is 4.92 Å². The van der Waals surface area contributed by atoms with Gasteiger partial charge in [-0.25, -0.2) is 0 Å². The highest BCUT2D eigenvalue weighted by Crippen LogP contribution is 2.12. The van der Waals surface area contributed by atoms with Crippen molar-refractivity contribution in [3.05, 3.63) is 111 Å². The predicted molar refractivity (Wildman–Crippen MR) is 109 cm³/mol. The van der Waals surface area contributed by atoms with Crippen LogP contribution >= 0.6 is 0 Å². The third-order valence-electron chi connectivity index (χ3n) is 3.89. The molecule has 0 aliphatic rings. The fourth-order valence-corrected chi connectivity index (χ4v) is 2.37. The van der Waals surface area contributed by atoms with Crippen LogP contribution in [0.5, 0.6) is 0 Å². The first-order chi connectivity index (χ1) is 13.1. The van der Waals surface area contributed by atoms with E-state index in [1.54, 1.807) is 12.1 Å². The molecule has 3 rings (SSSR count). The van der Waals surface area contributed by atoms with Gasteiger partial charge < -0.3 is 0 Å². The van der Waals surface area contributed by atoms with Crippen LogP contribution < -0.4 is 0 Å². The van der Waals surface area contributed by atoms with E-state index < -0.39 is 4.92 Å². The summed E-state index contributed by atoms with van der Waals surface area (Å²) in [4.78, 5) is 10.2. The van der Waals surface area contributed by atoms with Gasteiger partial charge in [-0.3, -0.25) is 10.1 Å². The molecule has 0 atom stereocenters. The van der Waals surface area contributed by atoms with Crippen LogP contribution in [0.3, 0.4) is 0 Å². The molecule has 0 fully saturated rings. The van der Waals surface area contributed by atoms with Gasteiger partial charge in [-0.1, -0.05) is 54.2 Å². The molecule has 0 saturated carbocycles. The number of benzene rings is 3. The minimum absolute atomic E-state index is 0.0608. The highest BCUT2D eigenvalue weighted by molar-refractivity contribution is 5.70. The van der Waals surface area contributed by atoms with Crippen molar-refractivity contribution in [2.24, 2.45) is 0 Å².